The first kappa shape index (κ1) is 16.0. The highest BCUT2D eigenvalue weighted by Crippen LogP contribution is 2.24. The fourth-order valence-electron chi connectivity index (χ4n) is 3.09. The molecule has 8 heteroatoms. The van der Waals surface area contributed by atoms with Gasteiger partial charge in [0.25, 0.3) is 0 Å². The zero-order valence-electron chi connectivity index (χ0n) is 13.8. The van der Waals surface area contributed by atoms with E-state index < -0.39 is 0 Å². The Balaban J connectivity index is 1.50. The molecule has 0 saturated carbocycles. The number of fused-ring (bicyclic) bond motifs is 1. The standard InChI is InChI=1S/C17H20N6OS/c18-17-20-15-4-7-23(11-13-2-1-9-25-13)6-3-14(15)16(21-17)19-10-12-5-8-24-22-12/h1-2,5,8-9H,3-4,6-7,10-11H2,(H3,18,19,20,21). The molecule has 1 aliphatic heterocycles. The van der Waals surface area contributed by atoms with Crippen molar-refractivity contribution in [1.82, 2.24) is 20.0 Å². The molecular weight excluding hydrogens is 336 g/mol. The third kappa shape index (κ3) is 3.80. The molecule has 25 heavy (non-hydrogen) atoms. The van der Waals surface area contributed by atoms with Crippen molar-refractivity contribution in [2.75, 3.05) is 24.1 Å². The van der Waals surface area contributed by atoms with E-state index in [9.17, 15) is 0 Å². The number of aromatic nitrogens is 3. The number of nitrogen functional groups attached to an aromatic ring is 1. The van der Waals surface area contributed by atoms with E-state index in [4.69, 9.17) is 10.3 Å². The smallest absolute Gasteiger partial charge is 0.222 e. The minimum Gasteiger partial charge on any atom is -0.368 e. The molecule has 3 aromatic heterocycles. The number of hydrogen-bond acceptors (Lipinski definition) is 8. The molecule has 0 bridgehead atoms. The summed E-state index contributed by atoms with van der Waals surface area (Å²) in [7, 11) is 0. The Morgan fingerprint density at radius 1 is 1.24 bits per heavy atom. The van der Waals surface area contributed by atoms with Crippen molar-refractivity contribution in [2.45, 2.75) is 25.9 Å². The van der Waals surface area contributed by atoms with Crippen LogP contribution in [0.15, 0.2) is 34.4 Å². The van der Waals surface area contributed by atoms with Gasteiger partial charge in [0.05, 0.1) is 12.2 Å². The molecule has 0 radical (unpaired) electrons. The van der Waals surface area contributed by atoms with E-state index in [-0.39, 0.29) is 0 Å². The SMILES string of the molecule is Nc1nc2c(c(NCc3ccon3)n1)CCN(Cc1cccs1)CC2. The first-order valence-electron chi connectivity index (χ1n) is 8.31. The van der Waals surface area contributed by atoms with E-state index in [0.29, 0.717) is 12.5 Å². The molecule has 3 N–H and O–H groups in total. The lowest BCUT2D eigenvalue weighted by Crippen LogP contribution is -2.25. The zero-order valence-corrected chi connectivity index (χ0v) is 14.6. The van der Waals surface area contributed by atoms with Gasteiger partial charge in [0.1, 0.15) is 17.8 Å². The summed E-state index contributed by atoms with van der Waals surface area (Å²) in [5, 5.41) is 9.38. The number of hydrogen-bond donors (Lipinski definition) is 2. The van der Waals surface area contributed by atoms with Crippen LogP contribution >= 0.6 is 11.3 Å². The number of nitrogens with one attached hydrogen (secondary N) is 1. The molecule has 0 fully saturated rings. The summed E-state index contributed by atoms with van der Waals surface area (Å²) in [5.41, 5.74) is 8.95. The highest BCUT2D eigenvalue weighted by molar-refractivity contribution is 7.09. The third-order valence-corrected chi connectivity index (χ3v) is 5.20. The van der Waals surface area contributed by atoms with E-state index in [2.05, 4.69) is 42.9 Å². The minimum atomic E-state index is 0.313. The van der Waals surface area contributed by atoms with Crippen LogP contribution in [0.3, 0.4) is 0 Å². The van der Waals surface area contributed by atoms with Gasteiger partial charge in [-0.15, -0.1) is 11.3 Å². The number of anilines is 2. The summed E-state index contributed by atoms with van der Waals surface area (Å²) in [4.78, 5) is 12.7. The highest BCUT2D eigenvalue weighted by atomic mass is 32.1. The monoisotopic (exact) mass is 356 g/mol. The average molecular weight is 356 g/mol. The van der Waals surface area contributed by atoms with Gasteiger partial charge in [0, 0.05) is 42.6 Å². The first-order chi connectivity index (χ1) is 12.3. The first-order valence-corrected chi connectivity index (χ1v) is 9.19. The Kier molecular flexibility index (Phi) is 4.62. The predicted molar refractivity (Wildman–Crippen MR) is 97.3 cm³/mol. The van der Waals surface area contributed by atoms with Gasteiger partial charge in [-0.25, -0.2) is 4.98 Å². The summed E-state index contributed by atoms with van der Waals surface area (Å²) >= 11 is 1.80. The maximum atomic E-state index is 5.92. The quantitative estimate of drug-likeness (QED) is 0.724. The number of nitrogens with two attached hydrogens (primary N) is 1. The van der Waals surface area contributed by atoms with Crippen molar-refractivity contribution < 1.29 is 4.52 Å². The molecule has 7 nitrogen and oxygen atoms in total. The van der Waals surface area contributed by atoms with Gasteiger partial charge in [0.15, 0.2) is 0 Å². The molecule has 0 amide bonds. The second-order valence-corrected chi connectivity index (χ2v) is 7.09. The predicted octanol–water partition coefficient (Wildman–Crippen LogP) is 2.32. The lowest BCUT2D eigenvalue weighted by Gasteiger charge is -2.18. The van der Waals surface area contributed by atoms with Crippen molar-refractivity contribution >= 4 is 23.1 Å². The van der Waals surface area contributed by atoms with Crippen LogP contribution in [0.2, 0.25) is 0 Å². The summed E-state index contributed by atoms with van der Waals surface area (Å²) in [6.45, 7) is 3.50. The fraction of sp³-hybridized carbons (Fsp3) is 0.353. The van der Waals surface area contributed by atoms with Crippen LogP contribution in [0.5, 0.6) is 0 Å². The van der Waals surface area contributed by atoms with Gasteiger partial charge in [0.2, 0.25) is 5.95 Å². The summed E-state index contributed by atoms with van der Waals surface area (Å²) in [5.74, 6) is 1.12. The van der Waals surface area contributed by atoms with E-state index in [1.807, 2.05) is 6.07 Å². The number of thiophene rings is 1. The van der Waals surface area contributed by atoms with Gasteiger partial charge in [-0.3, -0.25) is 4.90 Å². The molecule has 1 aliphatic rings. The Bertz CT molecular complexity index is 818. The molecular formula is C17H20N6OS. The topological polar surface area (TPSA) is 93.1 Å². The Morgan fingerprint density at radius 2 is 2.16 bits per heavy atom. The van der Waals surface area contributed by atoms with Gasteiger partial charge in [-0.2, -0.15) is 4.98 Å². The van der Waals surface area contributed by atoms with E-state index in [1.54, 1.807) is 17.6 Å². The molecule has 4 rings (SSSR count). The van der Waals surface area contributed by atoms with Crippen LogP contribution in [0.1, 0.15) is 21.8 Å². The van der Waals surface area contributed by atoms with Crippen molar-refractivity contribution in [3.63, 3.8) is 0 Å². The van der Waals surface area contributed by atoms with Crippen LogP contribution in [0.4, 0.5) is 11.8 Å². The zero-order chi connectivity index (χ0) is 17.1. The molecule has 0 aliphatic carbocycles. The summed E-state index contributed by atoms with van der Waals surface area (Å²) in [6.07, 6.45) is 3.35. The molecule has 0 atom stereocenters. The van der Waals surface area contributed by atoms with Gasteiger partial charge in [-0.05, 0) is 17.9 Å². The molecule has 4 heterocycles. The highest BCUT2D eigenvalue weighted by Gasteiger charge is 2.20. The van der Waals surface area contributed by atoms with Crippen LogP contribution < -0.4 is 11.1 Å². The lowest BCUT2D eigenvalue weighted by molar-refractivity contribution is 0.281. The molecule has 3 aromatic rings. The van der Waals surface area contributed by atoms with Gasteiger partial charge >= 0.3 is 0 Å². The summed E-state index contributed by atoms with van der Waals surface area (Å²) in [6, 6.07) is 6.12. The van der Waals surface area contributed by atoms with Crippen molar-refractivity contribution in [3.8, 4) is 0 Å². The maximum Gasteiger partial charge on any atom is 0.222 e. The van der Waals surface area contributed by atoms with Gasteiger partial charge in [-0.1, -0.05) is 11.2 Å². The average Bonchev–Trinajstić information content (AvgIpc) is 3.26. The normalized spacial score (nSPS) is 14.9. The van der Waals surface area contributed by atoms with Crippen molar-refractivity contribution in [1.29, 1.82) is 0 Å². The van der Waals surface area contributed by atoms with Crippen molar-refractivity contribution in [2.24, 2.45) is 0 Å². The van der Waals surface area contributed by atoms with Crippen LogP contribution in [0, 0.1) is 0 Å². The van der Waals surface area contributed by atoms with Crippen LogP contribution in [-0.4, -0.2) is 33.1 Å². The van der Waals surface area contributed by atoms with E-state index >= 15 is 0 Å². The molecule has 0 unspecified atom stereocenters. The minimum absolute atomic E-state index is 0.313. The number of nitrogens with zero attached hydrogens (tertiary/aromatic N) is 4. The lowest BCUT2D eigenvalue weighted by atomic mass is 10.1. The number of rotatable bonds is 5. The van der Waals surface area contributed by atoms with Gasteiger partial charge < -0.3 is 15.6 Å². The fourth-order valence-corrected chi connectivity index (χ4v) is 3.84. The molecule has 0 saturated heterocycles. The van der Waals surface area contributed by atoms with Crippen molar-refractivity contribution in [3.05, 3.63) is 51.7 Å². The van der Waals surface area contributed by atoms with E-state index in [1.165, 1.54) is 4.88 Å². The Hall–Kier alpha value is -2.45. The molecule has 0 aromatic carbocycles. The molecule has 0 spiro atoms. The Morgan fingerprint density at radius 3 is 2.96 bits per heavy atom. The maximum absolute atomic E-state index is 5.92. The second-order valence-electron chi connectivity index (χ2n) is 6.06. The van der Waals surface area contributed by atoms with Crippen LogP contribution in [-0.2, 0) is 25.9 Å². The van der Waals surface area contributed by atoms with Crippen LogP contribution in [0.25, 0.3) is 0 Å². The Labute approximate surface area is 149 Å². The van der Waals surface area contributed by atoms with E-state index in [0.717, 1.165) is 55.2 Å². The summed E-state index contributed by atoms with van der Waals surface area (Å²) < 4.78 is 4.87. The second kappa shape index (κ2) is 7.20. The molecule has 130 valence electrons. The largest absolute Gasteiger partial charge is 0.368 e. The third-order valence-electron chi connectivity index (χ3n) is 4.34.